The standard InChI is InChI=1S/C13H21N3O2/c17-12-2-1-6-15(12)9-13(18)16-7-4-11-10(8-16)3-5-14-11/h10-11,14H,1-9H2. The van der Waals surface area contributed by atoms with Crippen LogP contribution in [0, 0.1) is 5.92 Å². The van der Waals surface area contributed by atoms with E-state index in [2.05, 4.69) is 5.32 Å². The van der Waals surface area contributed by atoms with Gasteiger partial charge in [-0.3, -0.25) is 9.59 Å². The number of piperidine rings is 1. The molecule has 0 aromatic heterocycles. The van der Waals surface area contributed by atoms with Crippen LogP contribution in [0.5, 0.6) is 0 Å². The van der Waals surface area contributed by atoms with Gasteiger partial charge in [-0.25, -0.2) is 0 Å². The second kappa shape index (κ2) is 4.88. The maximum atomic E-state index is 12.2. The van der Waals surface area contributed by atoms with Crippen LogP contribution in [-0.2, 0) is 9.59 Å². The zero-order valence-electron chi connectivity index (χ0n) is 10.7. The van der Waals surface area contributed by atoms with Crippen LogP contribution in [0.3, 0.4) is 0 Å². The Hall–Kier alpha value is -1.10. The van der Waals surface area contributed by atoms with E-state index in [4.69, 9.17) is 0 Å². The van der Waals surface area contributed by atoms with Crippen LogP contribution in [0.4, 0.5) is 0 Å². The molecule has 100 valence electrons. The molecule has 0 spiro atoms. The van der Waals surface area contributed by atoms with Gasteiger partial charge < -0.3 is 15.1 Å². The summed E-state index contributed by atoms with van der Waals surface area (Å²) in [4.78, 5) is 27.4. The quantitative estimate of drug-likeness (QED) is 0.740. The molecular formula is C13H21N3O2. The number of likely N-dealkylation sites (tertiary alicyclic amines) is 2. The van der Waals surface area contributed by atoms with Crippen molar-refractivity contribution < 1.29 is 9.59 Å². The van der Waals surface area contributed by atoms with Crippen molar-refractivity contribution in [2.45, 2.75) is 31.7 Å². The molecule has 5 heteroatoms. The molecule has 1 N–H and O–H groups in total. The molecule has 0 aliphatic carbocycles. The van der Waals surface area contributed by atoms with Gasteiger partial charge in [-0.15, -0.1) is 0 Å². The topological polar surface area (TPSA) is 52.7 Å². The van der Waals surface area contributed by atoms with Crippen molar-refractivity contribution in [3.8, 4) is 0 Å². The fraction of sp³-hybridized carbons (Fsp3) is 0.846. The monoisotopic (exact) mass is 251 g/mol. The largest absolute Gasteiger partial charge is 0.341 e. The van der Waals surface area contributed by atoms with Crippen LogP contribution in [0.25, 0.3) is 0 Å². The lowest BCUT2D eigenvalue weighted by atomic mass is 9.93. The Morgan fingerprint density at radius 2 is 2.22 bits per heavy atom. The number of nitrogens with zero attached hydrogens (tertiary/aromatic N) is 2. The van der Waals surface area contributed by atoms with Gasteiger partial charge in [-0.1, -0.05) is 0 Å². The van der Waals surface area contributed by atoms with Gasteiger partial charge in [0.25, 0.3) is 0 Å². The van der Waals surface area contributed by atoms with Crippen molar-refractivity contribution in [2.24, 2.45) is 5.92 Å². The fourth-order valence-corrected chi connectivity index (χ4v) is 3.41. The lowest BCUT2D eigenvalue weighted by Crippen LogP contribution is -2.49. The lowest BCUT2D eigenvalue weighted by Gasteiger charge is -2.35. The first-order valence-electron chi connectivity index (χ1n) is 7.03. The summed E-state index contributed by atoms with van der Waals surface area (Å²) in [6.45, 7) is 3.85. The fourth-order valence-electron chi connectivity index (χ4n) is 3.41. The van der Waals surface area contributed by atoms with Crippen molar-refractivity contribution >= 4 is 11.8 Å². The van der Waals surface area contributed by atoms with Gasteiger partial charge in [-0.05, 0) is 31.7 Å². The van der Waals surface area contributed by atoms with E-state index in [0.29, 0.717) is 24.9 Å². The molecule has 18 heavy (non-hydrogen) atoms. The van der Waals surface area contributed by atoms with Crippen molar-refractivity contribution in [3.05, 3.63) is 0 Å². The van der Waals surface area contributed by atoms with Gasteiger partial charge >= 0.3 is 0 Å². The minimum Gasteiger partial charge on any atom is -0.341 e. The molecular weight excluding hydrogens is 230 g/mol. The van der Waals surface area contributed by atoms with Gasteiger partial charge in [0, 0.05) is 32.1 Å². The summed E-state index contributed by atoms with van der Waals surface area (Å²) in [6.07, 6.45) is 3.75. The third-order valence-corrected chi connectivity index (χ3v) is 4.51. The molecule has 2 atom stereocenters. The number of hydrogen-bond acceptors (Lipinski definition) is 3. The van der Waals surface area contributed by atoms with E-state index in [9.17, 15) is 9.59 Å². The van der Waals surface area contributed by atoms with Crippen molar-refractivity contribution in [1.29, 1.82) is 0 Å². The molecule has 3 rings (SSSR count). The first-order chi connectivity index (χ1) is 8.74. The Kier molecular flexibility index (Phi) is 3.24. The molecule has 0 aromatic carbocycles. The highest BCUT2D eigenvalue weighted by Crippen LogP contribution is 2.24. The van der Waals surface area contributed by atoms with Crippen LogP contribution in [0.2, 0.25) is 0 Å². The van der Waals surface area contributed by atoms with E-state index in [1.54, 1.807) is 4.90 Å². The number of hydrogen-bond donors (Lipinski definition) is 1. The summed E-state index contributed by atoms with van der Waals surface area (Å²) in [5.74, 6) is 0.897. The van der Waals surface area contributed by atoms with Crippen LogP contribution in [0.1, 0.15) is 25.7 Å². The van der Waals surface area contributed by atoms with Crippen LogP contribution >= 0.6 is 0 Å². The molecule has 2 unspecified atom stereocenters. The summed E-state index contributed by atoms with van der Waals surface area (Å²) in [5, 5.41) is 3.50. The molecule has 3 fully saturated rings. The Labute approximate surface area is 107 Å². The molecule has 3 aliphatic rings. The summed E-state index contributed by atoms with van der Waals surface area (Å²) in [7, 11) is 0. The molecule has 0 saturated carbocycles. The molecule has 3 aliphatic heterocycles. The van der Waals surface area contributed by atoms with E-state index < -0.39 is 0 Å². The average molecular weight is 251 g/mol. The number of amides is 2. The number of fused-ring (bicyclic) bond motifs is 1. The minimum atomic E-state index is 0.135. The van der Waals surface area contributed by atoms with Crippen LogP contribution < -0.4 is 5.32 Å². The molecule has 5 nitrogen and oxygen atoms in total. The zero-order valence-corrected chi connectivity index (χ0v) is 10.7. The summed E-state index contributed by atoms with van der Waals surface area (Å²) < 4.78 is 0. The van der Waals surface area contributed by atoms with Gasteiger partial charge in [0.05, 0.1) is 6.54 Å². The van der Waals surface area contributed by atoms with Crippen LogP contribution in [0.15, 0.2) is 0 Å². The summed E-state index contributed by atoms with van der Waals surface area (Å²) in [5.41, 5.74) is 0. The first-order valence-corrected chi connectivity index (χ1v) is 7.03. The molecule has 3 saturated heterocycles. The van der Waals surface area contributed by atoms with Gasteiger partial charge in [0.15, 0.2) is 0 Å². The second-order valence-corrected chi connectivity index (χ2v) is 5.66. The van der Waals surface area contributed by atoms with E-state index in [1.165, 1.54) is 6.42 Å². The normalized spacial score (nSPS) is 31.9. The highest BCUT2D eigenvalue weighted by Gasteiger charge is 2.35. The Morgan fingerprint density at radius 3 is 3.00 bits per heavy atom. The highest BCUT2D eigenvalue weighted by molar-refractivity contribution is 5.85. The number of carbonyl (C=O) groups is 2. The summed E-state index contributed by atoms with van der Waals surface area (Å²) >= 11 is 0. The maximum absolute atomic E-state index is 12.2. The SMILES string of the molecule is O=C1CCCN1CC(=O)N1CCC2NCCC2C1. The third kappa shape index (κ3) is 2.23. The van der Waals surface area contributed by atoms with Gasteiger partial charge in [0.2, 0.25) is 11.8 Å². The molecule has 0 bridgehead atoms. The zero-order chi connectivity index (χ0) is 12.5. The maximum Gasteiger partial charge on any atom is 0.242 e. The highest BCUT2D eigenvalue weighted by atomic mass is 16.2. The van der Waals surface area contributed by atoms with Crippen LogP contribution in [-0.4, -0.2) is 60.4 Å². The average Bonchev–Trinajstić information content (AvgIpc) is 2.98. The van der Waals surface area contributed by atoms with E-state index >= 15 is 0 Å². The predicted molar refractivity (Wildman–Crippen MR) is 66.9 cm³/mol. The number of rotatable bonds is 2. The number of nitrogens with one attached hydrogen (secondary N) is 1. The van der Waals surface area contributed by atoms with Gasteiger partial charge in [0.1, 0.15) is 0 Å². The molecule has 0 aromatic rings. The van der Waals surface area contributed by atoms with Crippen molar-refractivity contribution in [1.82, 2.24) is 15.1 Å². The van der Waals surface area contributed by atoms with Crippen molar-refractivity contribution in [3.63, 3.8) is 0 Å². The van der Waals surface area contributed by atoms with Crippen molar-refractivity contribution in [2.75, 3.05) is 32.7 Å². The molecule has 3 heterocycles. The van der Waals surface area contributed by atoms with E-state index in [-0.39, 0.29) is 11.8 Å². The Balaban J connectivity index is 1.54. The predicted octanol–water partition coefficient (Wildman–Crippen LogP) is -0.181. The summed E-state index contributed by atoms with van der Waals surface area (Å²) in [6, 6.07) is 0.613. The smallest absolute Gasteiger partial charge is 0.242 e. The minimum absolute atomic E-state index is 0.135. The molecule has 0 radical (unpaired) electrons. The third-order valence-electron chi connectivity index (χ3n) is 4.51. The first kappa shape index (κ1) is 12.0. The Bertz CT molecular complexity index is 358. The lowest BCUT2D eigenvalue weighted by molar-refractivity contribution is -0.139. The molecule has 2 amide bonds. The number of carbonyl (C=O) groups excluding carboxylic acids is 2. The van der Waals surface area contributed by atoms with E-state index in [0.717, 1.165) is 39.0 Å². The second-order valence-electron chi connectivity index (χ2n) is 5.66. The van der Waals surface area contributed by atoms with E-state index in [1.807, 2.05) is 4.90 Å². The van der Waals surface area contributed by atoms with Gasteiger partial charge in [-0.2, -0.15) is 0 Å². The Morgan fingerprint density at radius 1 is 1.33 bits per heavy atom.